The predicted molar refractivity (Wildman–Crippen MR) is 104 cm³/mol. The minimum absolute atomic E-state index is 0.0443. The normalized spacial score (nSPS) is 25.1. The van der Waals surface area contributed by atoms with E-state index in [0.29, 0.717) is 17.9 Å². The van der Waals surface area contributed by atoms with Crippen LogP contribution in [0, 0.1) is 5.92 Å². The van der Waals surface area contributed by atoms with Crippen LogP contribution in [0.2, 0.25) is 5.02 Å². The zero-order valence-corrected chi connectivity index (χ0v) is 16.0. The van der Waals surface area contributed by atoms with Crippen LogP contribution in [-0.4, -0.2) is 40.2 Å². The number of aliphatic imine (C=N–C) groups is 1. The van der Waals surface area contributed by atoms with Gasteiger partial charge < -0.3 is 11.1 Å². The van der Waals surface area contributed by atoms with Crippen molar-refractivity contribution in [3.63, 3.8) is 0 Å². The molecule has 0 bridgehead atoms. The molecule has 2 amide bonds. The Morgan fingerprint density at radius 3 is 2.89 bits per heavy atom. The number of rotatable bonds is 4. The lowest BCUT2D eigenvalue weighted by atomic mass is 9.74. The minimum atomic E-state index is -0.604. The van der Waals surface area contributed by atoms with Gasteiger partial charge in [-0.15, -0.1) is 0 Å². The number of nitrogens with two attached hydrogens (primary N) is 1. The van der Waals surface area contributed by atoms with E-state index in [9.17, 15) is 9.59 Å². The van der Waals surface area contributed by atoms with Crippen molar-refractivity contribution in [2.45, 2.75) is 31.7 Å². The van der Waals surface area contributed by atoms with E-state index < -0.39 is 5.54 Å². The zero-order chi connectivity index (χ0) is 19.6. The van der Waals surface area contributed by atoms with Gasteiger partial charge in [0.1, 0.15) is 5.69 Å². The van der Waals surface area contributed by atoms with Crippen LogP contribution in [0.5, 0.6) is 0 Å². The Kier molecular flexibility index (Phi) is 5.32. The number of nitrogens with zero attached hydrogens (tertiary/aromatic N) is 3. The van der Waals surface area contributed by atoms with Gasteiger partial charge in [0.25, 0.3) is 5.91 Å². The van der Waals surface area contributed by atoms with Crippen molar-refractivity contribution in [2.24, 2.45) is 16.6 Å². The summed E-state index contributed by atoms with van der Waals surface area (Å²) in [6, 6.07) is 3.19. The molecule has 142 valence electrons. The van der Waals surface area contributed by atoms with Crippen molar-refractivity contribution in [2.75, 3.05) is 7.05 Å². The van der Waals surface area contributed by atoms with Gasteiger partial charge in [-0.1, -0.05) is 30.7 Å². The van der Waals surface area contributed by atoms with Gasteiger partial charge in [-0.25, -0.2) is 9.98 Å². The average molecular weight is 388 g/mol. The molecule has 7 nitrogen and oxygen atoms in total. The average Bonchev–Trinajstić information content (AvgIpc) is 2.66. The monoisotopic (exact) mass is 387 g/mol. The molecule has 8 heteroatoms. The Morgan fingerprint density at radius 2 is 2.26 bits per heavy atom. The molecule has 1 aromatic rings. The number of guanidine groups is 1. The molecule has 2 aliphatic rings. The number of carbonyl (C=O) groups is 2. The molecular formula is C19H22ClN5O2. The first-order valence-electron chi connectivity index (χ1n) is 8.77. The number of allylic oxidation sites excluding steroid dienone is 3. The lowest BCUT2D eigenvalue weighted by Gasteiger charge is -2.41. The molecule has 2 unspecified atom stereocenters. The van der Waals surface area contributed by atoms with Gasteiger partial charge in [0.2, 0.25) is 5.91 Å². The Hall–Kier alpha value is -2.67. The molecule has 1 aliphatic carbocycles. The molecule has 2 atom stereocenters. The number of nitrogens with one attached hydrogen (secondary N) is 1. The zero-order valence-electron chi connectivity index (χ0n) is 15.3. The number of carbonyl (C=O) groups excluding carboxylic acids is 2. The summed E-state index contributed by atoms with van der Waals surface area (Å²) in [5.74, 6) is -0.174. The van der Waals surface area contributed by atoms with Crippen molar-refractivity contribution in [1.82, 2.24) is 15.2 Å². The summed E-state index contributed by atoms with van der Waals surface area (Å²) in [5.41, 5.74) is 6.39. The predicted octanol–water partition coefficient (Wildman–Crippen LogP) is 2.25. The fraction of sp³-hybridized carbons (Fsp3) is 0.368. The van der Waals surface area contributed by atoms with Crippen LogP contribution in [-0.2, 0) is 4.79 Å². The standard InChI is InChI=1S/C19H22ClN5O2/c1-3-19(10-16(26)25(2)18(21)24-19)12-5-4-6-14(9-12)23-17(27)15-8-7-13(20)11-22-15/h4-8,11-12H,3,9-10H2,1-2H3,(H2,21,24)(H,23,27). The molecule has 0 saturated carbocycles. The molecule has 3 rings (SSSR count). The third kappa shape index (κ3) is 3.88. The Labute approximate surface area is 163 Å². The summed E-state index contributed by atoms with van der Waals surface area (Å²) >= 11 is 5.81. The summed E-state index contributed by atoms with van der Waals surface area (Å²) in [4.78, 5) is 34.8. The molecule has 0 fully saturated rings. The van der Waals surface area contributed by atoms with Gasteiger partial charge in [-0.3, -0.25) is 14.5 Å². The molecule has 1 aliphatic heterocycles. The van der Waals surface area contributed by atoms with Gasteiger partial charge >= 0.3 is 0 Å². The number of pyridine rings is 1. The quantitative estimate of drug-likeness (QED) is 0.827. The number of amides is 2. The first kappa shape index (κ1) is 19.1. The van der Waals surface area contributed by atoms with Gasteiger partial charge in [-0.05, 0) is 31.1 Å². The van der Waals surface area contributed by atoms with Crippen LogP contribution in [0.4, 0.5) is 0 Å². The van der Waals surface area contributed by atoms with Gasteiger partial charge in [0.15, 0.2) is 5.96 Å². The summed E-state index contributed by atoms with van der Waals surface area (Å²) in [6.45, 7) is 2.00. The van der Waals surface area contributed by atoms with E-state index in [0.717, 1.165) is 5.70 Å². The second-order valence-electron chi connectivity index (χ2n) is 6.76. The SMILES string of the molecule is CCC1(C2C=CC=C(NC(=O)c3ccc(Cl)cn3)C2)CC(=O)N(C)C(N)=N1. The van der Waals surface area contributed by atoms with Crippen LogP contribution >= 0.6 is 11.6 Å². The first-order valence-corrected chi connectivity index (χ1v) is 9.14. The van der Waals surface area contributed by atoms with E-state index in [-0.39, 0.29) is 35.8 Å². The molecule has 0 aromatic carbocycles. The summed E-state index contributed by atoms with van der Waals surface area (Å²) in [6.07, 6.45) is 8.69. The fourth-order valence-electron chi connectivity index (χ4n) is 3.39. The summed E-state index contributed by atoms with van der Waals surface area (Å²) < 4.78 is 0. The second kappa shape index (κ2) is 7.52. The molecule has 0 radical (unpaired) electrons. The van der Waals surface area contributed by atoms with Crippen LogP contribution < -0.4 is 11.1 Å². The maximum absolute atomic E-state index is 12.4. The lowest BCUT2D eigenvalue weighted by molar-refractivity contribution is -0.129. The lowest BCUT2D eigenvalue weighted by Crippen LogP contribution is -2.52. The molecule has 3 N–H and O–H groups in total. The van der Waals surface area contributed by atoms with Gasteiger partial charge in [0, 0.05) is 24.9 Å². The van der Waals surface area contributed by atoms with Gasteiger partial charge in [0.05, 0.1) is 17.0 Å². The highest BCUT2D eigenvalue weighted by Crippen LogP contribution is 2.38. The smallest absolute Gasteiger partial charge is 0.273 e. The van der Waals surface area contributed by atoms with Crippen molar-refractivity contribution < 1.29 is 9.59 Å². The van der Waals surface area contributed by atoms with E-state index >= 15 is 0 Å². The number of halogens is 1. The molecule has 0 spiro atoms. The van der Waals surface area contributed by atoms with E-state index in [1.165, 1.54) is 11.1 Å². The minimum Gasteiger partial charge on any atom is -0.369 e. The van der Waals surface area contributed by atoms with Crippen molar-refractivity contribution in [3.05, 3.63) is 53.0 Å². The van der Waals surface area contributed by atoms with Crippen molar-refractivity contribution in [3.8, 4) is 0 Å². The highest BCUT2D eigenvalue weighted by atomic mass is 35.5. The fourth-order valence-corrected chi connectivity index (χ4v) is 3.50. The van der Waals surface area contributed by atoms with E-state index in [1.54, 1.807) is 19.2 Å². The highest BCUT2D eigenvalue weighted by molar-refractivity contribution is 6.30. The van der Waals surface area contributed by atoms with E-state index in [4.69, 9.17) is 17.3 Å². The Morgan fingerprint density at radius 1 is 1.48 bits per heavy atom. The Bertz CT molecular complexity index is 846. The van der Waals surface area contributed by atoms with Gasteiger partial charge in [-0.2, -0.15) is 0 Å². The van der Waals surface area contributed by atoms with E-state index in [1.807, 2.05) is 25.2 Å². The number of aromatic nitrogens is 1. The Balaban J connectivity index is 1.76. The first-order chi connectivity index (χ1) is 12.8. The molecule has 1 aromatic heterocycles. The second-order valence-corrected chi connectivity index (χ2v) is 7.20. The summed E-state index contributed by atoms with van der Waals surface area (Å²) in [7, 11) is 1.63. The highest BCUT2D eigenvalue weighted by Gasteiger charge is 2.43. The van der Waals surface area contributed by atoms with Crippen LogP contribution in [0.25, 0.3) is 0 Å². The molecule has 27 heavy (non-hydrogen) atoms. The topological polar surface area (TPSA) is 101 Å². The molecule has 2 heterocycles. The third-order valence-electron chi connectivity index (χ3n) is 5.13. The third-order valence-corrected chi connectivity index (χ3v) is 5.35. The van der Waals surface area contributed by atoms with Crippen molar-refractivity contribution in [1.29, 1.82) is 0 Å². The largest absolute Gasteiger partial charge is 0.369 e. The molecule has 0 saturated heterocycles. The maximum Gasteiger partial charge on any atom is 0.273 e. The maximum atomic E-state index is 12.4. The molecular weight excluding hydrogens is 366 g/mol. The summed E-state index contributed by atoms with van der Waals surface area (Å²) in [5, 5.41) is 3.36. The number of hydrogen-bond acceptors (Lipinski definition) is 5. The van der Waals surface area contributed by atoms with E-state index in [2.05, 4.69) is 15.3 Å². The van der Waals surface area contributed by atoms with Crippen LogP contribution in [0.15, 0.2) is 47.2 Å². The van der Waals surface area contributed by atoms with Crippen LogP contribution in [0.3, 0.4) is 0 Å². The van der Waals surface area contributed by atoms with Crippen LogP contribution in [0.1, 0.15) is 36.7 Å². The van der Waals surface area contributed by atoms with Crippen molar-refractivity contribution >= 4 is 29.4 Å². The number of hydrogen-bond donors (Lipinski definition) is 2.